The van der Waals surface area contributed by atoms with Crippen molar-refractivity contribution in [2.24, 2.45) is 0 Å². The number of hydrogen-bond donors (Lipinski definition) is 1. The number of nitrogens with zero attached hydrogens (tertiary/aromatic N) is 3. The average molecular weight is 403 g/mol. The summed E-state index contributed by atoms with van der Waals surface area (Å²) in [5.41, 5.74) is -0.240. The highest BCUT2D eigenvalue weighted by molar-refractivity contribution is 6.62. The number of anilines is 1. The van der Waals surface area contributed by atoms with Gasteiger partial charge in [-0.25, -0.2) is 9.78 Å². The summed E-state index contributed by atoms with van der Waals surface area (Å²) in [6.45, 7) is 15.6. The lowest BCUT2D eigenvalue weighted by Gasteiger charge is -2.43. The highest BCUT2D eigenvalue weighted by atomic mass is 16.7. The van der Waals surface area contributed by atoms with E-state index in [0.29, 0.717) is 0 Å². The van der Waals surface area contributed by atoms with Gasteiger partial charge in [-0.1, -0.05) is 6.07 Å². The smallest absolute Gasteiger partial charge is 0.465 e. The first-order chi connectivity index (χ1) is 13.3. The summed E-state index contributed by atoms with van der Waals surface area (Å²) >= 11 is 0. The highest BCUT2D eigenvalue weighted by Crippen LogP contribution is 2.36. The van der Waals surface area contributed by atoms with Crippen molar-refractivity contribution in [3.8, 4) is 0 Å². The normalized spacial score (nSPS) is 22.0. The third kappa shape index (κ3) is 4.38. The average Bonchev–Trinajstić information content (AvgIpc) is 2.82. The van der Waals surface area contributed by atoms with Gasteiger partial charge < -0.3 is 24.2 Å². The molecular formula is C21H34BN3O4. The van der Waals surface area contributed by atoms with Crippen LogP contribution in [0.1, 0.15) is 61.3 Å². The summed E-state index contributed by atoms with van der Waals surface area (Å²) in [4.78, 5) is 20.2. The number of aromatic nitrogens is 1. The first-order valence-corrected chi connectivity index (χ1v) is 10.4. The molecule has 0 aliphatic carbocycles. The van der Waals surface area contributed by atoms with Gasteiger partial charge in [-0.3, -0.25) is 0 Å². The molecule has 2 fully saturated rings. The molecular weight excluding hydrogens is 369 g/mol. The first-order valence-electron chi connectivity index (χ1n) is 10.4. The van der Waals surface area contributed by atoms with Crippen LogP contribution in [-0.4, -0.2) is 64.1 Å². The minimum absolute atomic E-state index is 0.0350. The zero-order chi connectivity index (χ0) is 21.6. The summed E-state index contributed by atoms with van der Waals surface area (Å²) in [6, 6.07) is 4.04. The number of rotatable bonds is 3. The maximum Gasteiger partial charge on any atom is 0.496 e. The number of carbonyl (C=O) groups is 1. The molecule has 2 aliphatic rings. The van der Waals surface area contributed by atoms with Crippen molar-refractivity contribution in [1.82, 2.24) is 9.88 Å². The summed E-state index contributed by atoms with van der Waals surface area (Å²) in [7, 11) is -0.414. The maximum absolute atomic E-state index is 11.7. The fourth-order valence-electron chi connectivity index (χ4n) is 4.05. The molecule has 0 unspecified atom stereocenters. The molecule has 2 aliphatic heterocycles. The van der Waals surface area contributed by atoms with Crippen LogP contribution in [0.5, 0.6) is 0 Å². The van der Waals surface area contributed by atoms with E-state index in [1.165, 1.54) is 0 Å². The molecule has 0 atom stereocenters. The number of pyridine rings is 1. The Morgan fingerprint density at radius 2 is 1.72 bits per heavy atom. The summed E-state index contributed by atoms with van der Waals surface area (Å²) in [5, 5.41) is 9.63. The highest BCUT2D eigenvalue weighted by Gasteiger charge is 2.51. The van der Waals surface area contributed by atoms with Gasteiger partial charge in [0.15, 0.2) is 0 Å². The molecule has 3 rings (SSSR count). The van der Waals surface area contributed by atoms with Crippen molar-refractivity contribution in [1.29, 1.82) is 0 Å². The van der Waals surface area contributed by atoms with Crippen LogP contribution in [0.25, 0.3) is 0 Å². The molecule has 1 N–H and O–H groups in total. The lowest BCUT2D eigenvalue weighted by Crippen LogP contribution is -2.54. The van der Waals surface area contributed by atoms with Crippen molar-refractivity contribution in [3.63, 3.8) is 0 Å². The topological polar surface area (TPSA) is 75.1 Å². The molecule has 29 heavy (non-hydrogen) atoms. The second-order valence-corrected chi connectivity index (χ2v) is 10.1. The van der Waals surface area contributed by atoms with Crippen LogP contribution in [-0.2, 0) is 9.31 Å². The number of carboxylic acid groups (broad SMARTS) is 1. The Labute approximate surface area is 174 Å². The van der Waals surface area contributed by atoms with E-state index < -0.39 is 18.8 Å². The van der Waals surface area contributed by atoms with Crippen molar-refractivity contribution < 1.29 is 19.2 Å². The number of amides is 1. The molecule has 0 radical (unpaired) electrons. The van der Waals surface area contributed by atoms with E-state index in [1.807, 2.05) is 66.8 Å². The van der Waals surface area contributed by atoms with Gasteiger partial charge in [0, 0.05) is 36.3 Å². The Morgan fingerprint density at radius 3 is 2.14 bits per heavy atom. The Morgan fingerprint density at radius 1 is 1.17 bits per heavy atom. The fourth-order valence-corrected chi connectivity index (χ4v) is 4.05. The third-order valence-corrected chi connectivity index (χ3v) is 6.38. The van der Waals surface area contributed by atoms with Gasteiger partial charge in [0.2, 0.25) is 0 Å². The summed E-state index contributed by atoms with van der Waals surface area (Å²) < 4.78 is 12.2. The molecule has 0 saturated carbocycles. The van der Waals surface area contributed by atoms with Crippen LogP contribution in [0.3, 0.4) is 0 Å². The molecule has 1 amide bonds. The second-order valence-electron chi connectivity index (χ2n) is 10.1. The minimum Gasteiger partial charge on any atom is -0.465 e. The van der Waals surface area contributed by atoms with E-state index in [1.54, 1.807) is 4.90 Å². The SMILES string of the molecule is CC(C)(C)N(C(=O)O)C1CCN(c2ccc(B3OC(C)(C)C(C)(C)O3)cn2)CC1. The Hall–Kier alpha value is -1.80. The Bertz CT molecular complexity index is 721. The molecule has 8 heteroatoms. The van der Waals surface area contributed by atoms with Crippen LogP contribution in [0.4, 0.5) is 10.6 Å². The van der Waals surface area contributed by atoms with Crippen molar-refractivity contribution >= 4 is 24.5 Å². The molecule has 0 aromatic carbocycles. The zero-order valence-corrected chi connectivity index (χ0v) is 18.7. The van der Waals surface area contributed by atoms with E-state index in [4.69, 9.17) is 9.31 Å². The second kappa shape index (κ2) is 7.47. The third-order valence-electron chi connectivity index (χ3n) is 6.38. The van der Waals surface area contributed by atoms with E-state index in [-0.39, 0.29) is 17.2 Å². The molecule has 3 heterocycles. The van der Waals surface area contributed by atoms with E-state index >= 15 is 0 Å². The quantitative estimate of drug-likeness (QED) is 0.782. The minimum atomic E-state index is -0.846. The van der Waals surface area contributed by atoms with Gasteiger partial charge in [0.25, 0.3) is 0 Å². The molecule has 1 aromatic heterocycles. The molecule has 7 nitrogen and oxygen atoms in total. The molecule has 0 bridgehead atoms. The summed E-state index contributed by atoms with van der Waals surface area (Å²) in [6.07, 6.45) is 2.57. The van der Waals surface area contributed by atoms with Gasteiger partial charge in [0.05, 0.1) is 11.2 Å². The Kier molecular flexibility index (Phi) is 5.64. The van der Waals surface area contributed by atoms with E-state index in [9.17, 15) is 9.90 Å². The molecule has 0 spiro atoms. The maximum atomic E-state index is 11.7. The van der Waals surface area contributed by atoms with Crippen LogP contribution in [0.2, 0.25) is 0 Å². The standard InChI is InChI=1S/C21H34BN3O4/c1-19(2,3)25(18(26)27)16-10-12-24(13-11-16)17-9-8-15(14-23-17)22-28-20(4,5)21(6,7)29-22/h8-9,14,16H,10-13H2,1-7H3,(H,26,27). The molecule has 1 aromatic rings. The van der Waals surface area contributed by atoms with Crippen LogP contribution >= 0.6 is 0 Å². The van der Waals surface area contributed by atoms with Gasteiger partial charge in [-0.05, 0) is 67.4 Å². The van der Waals surface area contributed by atoms with Crippen molar-refractivity contribution in [2.45, 2.75) is 84.1 Å². The summed E-state index contributed by atoms with van der Waals surface area (Å²) in [5.74, 6) is 0.904. The van der Waals surface area contributed by atoms with Gasteiger partial charge in [-0.2, -0.15) is 0 Å². The van der Waals surface area contributed by atoms with E-state index in [2.05, 4.69) is 9.88 Å². The van der Waals surface area contributed by atoms with Crippen molar-refractivity contribution in [3.05, 3.63) is 18.3 Å². The lowest BCUT2D eigenvalue weighted by molar-refractivity contribution is 0.00578. The monoisotopic (exact) mass is 403 g/mol. The Balaban J connectivity index is 1.63. The van der Waals surface area contributed by atoms with Crippen molar-refractivity contribution in [2.75, 3.05) is 18.0 Å². The van der Waals surface area contributed by atoms with Gasteiger partial charge in [-0.15, -0.1) is 0 Å². The first kappa shape index (κ1) is 21.9. The van der Waals surface area contributed by atoms with E-state index in [0.717, 1.165) is 37.2 Å². The molecule has 2 saturated heterocycles. The number of hydrogen-bond acceptors (Lipinski definition) is 5. The van der Waals surface area contributed by atoms with Gasteiger partial charge >= 0.3 is 13.2 Å². The fraction of sp³-hybridized carbons (Fsp3) is 0.714. The zero-order valence-electron chi connectivity index (χ0n) is 18.7. The number of piperidine rings is 1. The largest absolute Gasteiger partial charge is 0.496 e. The molecule has 160 valence electrons. The predicted molar refractivity (Wildman–Crippen MR) is 115 cm³/mol. The van der Waals surface area contributed by atoms with Gasteiger partial charge in [0.1, 0.15) is 5.82 Å². The lowest BCUT2D eigenvalue weighted by atomic mass is 9.80. The van der Waals surface area contributed by atoms with Crippen LogP contribution in [0, 0.1) is 0 Å². The van der Waals surface area contributed by atoms with Crippen LogP contribution < -0.4 is 10.4 Å². The van der Waals surface area contributed by atoms with Crippen LogP contribution in [0.15, 0.2) is 18.3 Å². The predicted octanol–water partition coefficient (Wildman–Crippen LogP) is 3.13.